The summed E-state index contributed by atoms with van der Waals surface area (Å²) in [6.45, 7) is 0. The van der Waals surface area contributed by atoms with Gasteiger partial charge < -0.3 is 0 Å². The van der Waals surface area contributed by atoms with E-state index in [-0.39, 0.29) is 0 Å². The third-order valence-corrected chi connectivity index (χ3v) is 3.84. The van der Waals surface area contributed by atoms with E-state index in [1.54, 1.807) is 11.3 Å². The molecule has 1 aliphatic carbocycles. The first-order valence-electron chi connectivity index (χ1n) is 5.43. The number of thiophene rings is 1. The van der Waals surface area contributed by atoms with E-state index in [2.05, 4.69) is 33.7 Å². The maximum atomic E-state index is 4.66. The lowest BCUT2D eigenvalue weighted by atomic mass is 9.94. The van der Waals surface area contributed by atoms with Gasteiger partial charge in [-0.1, -0.05) is 0 Å². The van der Waals surface area contributed by atoms with Crippen molar-refractivity contribution in [1.82, 2.24) is 9.78 Å². The second-order valence-electron chi connectivity index (χ2n) is 4.12. The van der Waals surface area contributed by atoms with Crippen LogP contribution >= 0.6 is 11.3 Å². The number of aromatic nitrogens is 2. The van der Waals surface area contributed by atoms with Crippen molar-refractivity contribution in [3.8, 4) is 11.3 Å². The van der Waals surface area contributed by atoms with Gasteiger partial charge in [-0.2, -0.15) is 16.4 Å². The molecule has 78 valence electrons. The van der Waals surface area contributed by atoms with Crippen molar-refractivity contribution < 1.29 is 0 Å². The average molecular weight is 218 g/mol. The quantitative estimate of drug-likeness (QED) is 0.719. The number of hydrogen-bond acceptors (Lipinski definition) is 2. The van der Waals surface area contributed by atoms with Crippen LogP contribution in [0.3, 0.4) is 0 Å². The van der Waals surface area contributed by atoms with Crippen LogP contribution in [-0.2, 0) is 19.9 Å². The zero-order valence-corrected chi connectivity index (χ0v) is 9.68. The van der Waals surface area contributed by atoms with Crippen LogP contribution in [0.5, 0.6) is 0 Å². The van der Waals surface area contributed by atoms with E-state index in [0.29, 0.717) is 0 Å². The maximum Gasteiger partial charge on any atom is 0.0966 e. The molecule has 0 aliphatic heterocycles. The van der Waals surface area contributed by atoms with Crippen molar-refractivity contribution in [3.05, 3.63) is 28.1 Å². The summed E-state index contributed by atoms with van der Waals surface area (Å²) in [5, 5.41) is 8.97. The smallest absolute Gasteiger partial charge is 0.0966 e. The largest absolute Gasteiger partial charge is 0.272 e. The summed E-state index contributed by atoms with van der Waals surface area (Å²) in [6, 6.07) is 2.17. The number of fused-ring (bicyclic) bond motifs is 1. The van der Waals surface area contributed by atoms with Gasteiger partial charge in [0.05, 0.1) is 5.69 Å². The SMILES string of the molecule is Cn1nc(-c2ccsc2)c2c1CCCC2. The first-order chi connectivity index (χ1) is 7.36. The van der Waals surface area contributed by atoms with Crippen molar-refractivity contribution >= 4 is 11.3 Å². The minimum atomic E-state index is 1.20. The summed E-state index contributed by atoms with van der Waals surface area (Å²) in [4.78, 5) is 0. The Bertz CT molecular complexity index is 468. The van der Waals surface area contributed by atoms with Crippen LogP contribution in [0.2, 0.25) is 0 Å². The van der Waals surface area contributed by atoms with Crippen molar-refractivity contribution in [2.24, 2.45) is 7.05 Å². The summed E-state index contributed by atoms with van der Waals surface area (Å²) in [5.74, 6) is 0. The molecule has 2 nitrogen and oxygen atoms in total. The molecule has 1 aliphatic rings. The highest BCUT2D eigenvalue weighted by Crippen LogP contribution is 2.31. The molecular weight excluding hydrogens is 204 g/mol. The Morgan fingerprint density at radius 1 is 1.33 bits per heavy atom. The molecule has 2 aromatic heterocycles. The topological polar surface area (TPSA) is 17.8 Å². The second kappa shape index (κ2) is 3.49. The minimum Gasteiger partial charge on any atom is -0.272 e. The van der Waals surface area contributed by atoms with Crippen molar-refractivity contribution in [2.75, 3.05) is 0 Å². The summed E-state index contributed by atoms with van der Waals surface area (Å²) < 4.78 is 2.07. The predicted molar refractivity (Wildman–Crippen MR) is 63.2 cm³/mol. The maximum absolute atomic E-state index is 4.66. The van der Waals surface area contributed by atoms with E-state index in [0.717, 1.165) is 0 Å². The number of hydrogen-bond donors (Lipinski definition) is 0. The molecule has 0 fully saturated rings. The molecule has 0 saturated carbocycles. The number of rotatable bonds is 1. The number of nitrogens with zero attached hydrogens (tertiary/aromatic N) is 2. The Morgan fingerprint density at radius 3 is 3.00 bits per heavy atom. The highest BCUT2D eigenvalue weighted by atomic mass is 32.1. The van der Waals surface area contributed by atoms with E-state index in [4.69, 9.17) is 0 Å². The third-order valence-electron chi connectivity index (χ3n) is 3.16. The van der Waals surface area contributed by atoms with Gasteiger partial charge in [-0.15, -0.1) is 0 Å². The molecule has 0 aromatic carbocycles. The summed E-state index contributed by atoms with van der Waals surface area (Å²) in [5.41, 5.74) is 5.44. The molecule has 0 bridgehead atoms. The van der Waals surface area contributed by atoms with Crippen LogP contribution in [0.25, 0.3) is 11.3 Å². The van der Waals surface area contributed by atoms with Crippen LogP contribution < -0.4 is 0 Å². The number of aryl methyl sites for hydroxylation is 1. The molecule has 0 unspecified atom stereocenters. The fourth-order valence-corrected chi connectivity index (χ4v) is 3.04. The highest BCUT2D eigenvalue weighted by molar-refractivity contribution is 7.08. The standard InChI is InChI=1S/C12H14N2S/c1-14-11-5-3-2-4-10(11)12(13-14)9-6-7-15-8-9/h6-8H,2-5H2,1H3. The summed E-state index contributed by atoms with van der Waals surface area (Å²) >= 11 is 1.75. The average Bonchev–Trinajstić information content (AvgIpc) is 2.87. The predicted octanol–water partition coefficient (Wildman–Crippen LogP) is 3.03. The summed E-state index contributed by atoms with van der Waals surface area (Å²) in [6.07, 6.45) is 5.03. The monoisotopic (exact) mass is 218 g/mol. The molecule has 0 N–H and O–H groups in total. The molecule has 2 aromatic rings. The van der Waals surface area contributed by atoms with Gasteiger partial charge in [0.25, 0.3) is 0 Å². The minimum absolute atomic E-state index is 1.20. The lowest BCUT2D eigenvalue weighted by Crippen LogP contribution is -2.05. The first kappa shape index (κ1) is 9.16. The molecule has 0 atom stereocenters. The molecule has 3 heteroatoms. The zero-order valence-electron chi connectivity index (χ0n) is 8.86. The molecule has 0 saturated heterocycles. The molecular formula is C12H14N2S. The van der Waals surface area contributed by atoms with E-state index in [1.165, 1.54) is 48.2 Å². The normalized spacial score (nSPS) is 15.3. The lowest BCUT2D eigenvalue weighted by molar-refractivity contribution is 0.626. The Labute approximate surface area is 93.6 Å². The van der Waals surface area contributed by atoms with Gasteiger partial charge >= 0.3 is 0 Å². The van der Waals surface area contributed by atoms with Crippen LogP contribution in [-0.4, -0.2) is 9.78 Å². The van der Waals surface area contributed by atoms with Crippen LogP contribution in [0.15, 0.2) is 16.8 Å². The fourth-order valence-electron chi connectivity index (χ4n) is 2.40. The van der Waals surface area contributed by atoms with Gasteiger partial charge in [0.1, 0.15) is 0 Å². The third kappa shape index (κ3) is 1.42. The molecule has 2 heterocycles. The van der Waals surface area contributed by atoms with E-state index in [1.807, 2.05) is 0 Å². The molecule has 3 rings (SSSR count). The zero-order chi connectivity index (χ0) is 10.3. The van der Waals surface area contributed by atoms with Crippen LogP contribution in [0.1, 0.15) is 24.1 Å². The second-order valence-corrected chi connectivity index (χ2v) is 4.90. The van der Waals surface area contributed by atoms with Crippen molar-refractivity contribution in [2.45, 2.75) is 25.7 Å². The highest BCUT2D eigenvalue weighted by Gasteiger charge is 2.19. The Morgan fingerprint density at radius 2 is 2.20 bits per heavy atom. The summed E-state index contributed by atoms with van der Waals surface area (Å²) in [7, 11) is 2.07. The Balaban J connectivity index is 2.16. The van der Waals surface area contributed by atoms with Gasteiger partial charge in [0.2, 0.25) is 0 Å². The van der Waals surface area contributed by atoms with E-state index >= 15 is 0 Å². The molecule has 15 heavy (non-hydrogen) atoms. The fraction of sp³-hybridized carbons (Fsp3) is 0.417. The van der Waals surface area contributed by atoms with Gasteiger partial charge in [-0.05, 0) is 37.1 Å². The molecule has 0 radical (unpaired) electrons. The van der Waals surface area contributed by atoms with Crippen molar-refractivity contribution in [1.29, 1.82) is 0 Å². The van der Waals surface area contributed by atoms with E-state index < -0.39 is 0 Å². The first-order valence-corrected chi connectivity index (χ1v) is 6.38. The van der Waals surface area contributed by atoms with E-state index in [9.17, 15) is 0 Å². The van der Waals surface area contributed by atoms with Gasteiger partial charge in [0.15, 0.2) is 0 Å². The lowest BCUT2D eigenvalue weighted by Gasteiger charge is -2.12. The molecule has 0 amide bonds. The van der Waals surface area contributed by atoms with Crippen molar-refractivity contribution in [3.63, 3.8) is 0 Å². The molecule has 0 spiro atoms. The van der Waals surface area contributed by atoms with Gasteiger partial charge in [-0.3, -0.25) is 4.68 Å². The Kier molecular flexibility index (Phi) is 2.13. The van der Waals surface area contributed by atoms with Gasteiger partial charge in [0, 0.05) is 29.2 Å². The Hall–Kier alpha value is -1.09. The van der Waals surface area contributed by atoms with Crippen LogP contribution in [0.4, 0.5) is 0 Å². The van der Waals surface area contributed by atoms with Crippen LogP contribution in [0, 0.1) is 0 Å². The van der Waals surface area contributed by atoms with Gasteiger partial charge in [-0.25, -0.2) is 0 Å².